The van der Waals surface area contributed by atoms with E-state index in [1.807, 2.05) is 0 Å². The van der Waals surface area contributed by atoms with Crippen molar-refractivity contribution in [2.24, 2.45) is 5.92 Å². The Morgan fingerprint density at radius 3 is 2.71 bits per heavy atom. The van der Waals surface area contributed by atoms with Crippen molar-refractivity contribution in [1.82, 2.24) is 10.6 Å². The van der Waals surface area contributed by atoms with E-state index in [0.29, 0.717) is 5.54 Å². The molecule has 2 heterocycles. The van der Waals surface area contributed by atoms with Crippen LogP contribution in [0.1, 0.15) is 45.4 Å². The summed E-state index contributed by atoms with van der Waals surface area (Å²) in [6, 6.07) is 0. The quantitative estimate of drug-likeness (QED) is 0.705. The molecule has 2 N–H and O–H groups in total. The highest BCUT2D eigenvalue weighted by Gasteiger charge is 2.38. The highest BCUT2D eigenvalue weighted by atomic mass is 15.0. The molecule has 0 aromatic carbocycles. The molecule has 0 bridgehead atoms. The predicted molar refractivity (Wildman–Crippen MR) is 60.5 cm³/mol. The molecular weight excluding hydrogens is 172 g/mol. The van der Waals surface area contributed by atoms with Gasteiger partial charge >= 0.3 is 0 Å². The highest BCUT2D eigenvalue weighted by molar-refractivity contribution is 4.97. The van der Waals surface area contributed by atoms with Crippen molar-refractivity contribution in [2.45, 2.75) is 51.0 Å². The smallest absolute Gasteiger partial charge is 0.0219 e. The summed E-state index contributed by atoms with van der Waals surface area (Å²) in [5, 5.41) is 7.36. The van der Waals surface area contributed by atoms with E-state index >= 15 is 0 Å². The molecule has 2 nitrogen and oxygen atoms in total. The molecule has 2 atom stereocenters. The molecule has 2 aliphatic heterocycles. The van der Waals surface area contributed by atoms with E-state index in [1.165, 1.54) is 58.2 Å². The second kappa shape index (κ2) is 4.63. The average Bonchev–Trinajstić information content (AvgIpc) is 2.31. The topological polar surface area (TPSA) is 24.1 Å². The minimum atomic E-state index is 0.478. The molecule has 2 aliphatic rings. The molecule has 0 amide bonds. The van der Waals surface area contributed by atoms with Crippen molar-refractivity contribution in [2.75, 3.05) is 19.6 Å². The Bertz CT molecular complexity index is 167. The van der Waals surface area contributed by atoms with Gasteiger partial charge in [-0.05, 0) is 57.7 Å². The molecule has 2 heteroatoms. The maximum absolute atomic E-state index is 3.81. The first-order valence-electron chi connectivity index (χ1n) is 6.33. The van der Waals surface area contributed by atoms with E-state index in [1.54, 1.807) is 0 Å². The molecule has 2 unspecified atom stereocenters. The van der Waals surface area contributed by atoms with Crippen LogP contribution < -0.4 is 10.6 Å². The lowest BCUT2D eigenvalue weighted by Gasteiger charge is -2.46. The largest absolute Gasteiger partial charge is 0.316 e. The molecule has 0 spiro atoms. The number of rotatable bonds is 2. The highest BCUT2D eigenvalue weighted by Crippen LogP contribution is 2.34. The summed E-state index contributed by atoms with van der Waals surface area (Å²) in [7, 11) is 0. The van der Waals surface area contributed by atoms with Gasteiger partial charge in [0.25, 0.3) is 0 Å². The van der Waals surface area contributed by atoms with Crippen molar-refractivity contribution in [1.29, 1.82) is 0 Å². The fourth-order valence-corrected chi connectivity index (χ4v) is 3.25. The van der Waals surface area contributed by atoms with Gasteiger partial charge in [0.05, 0.1) is 0 Å². The van der Waals surface area contributed by atoms with Gasteiger partial charge in [-0.2, -0.15) is 0 Å². The van der Waals surface area contributed by atoms with Gasteiger partial charge in [-0.1, -0.05) is 13.3 Å². The van der Waals surface area contributed by atoms with Crippen molar-refractivity contribution in [3.8, 4) is 0 Å². The Morgan fingerprint density at radius 1 is 1.21 bits per heavy atom. The second-order valence-electron chi connectivity index (χ2n) is 4.94. The molecule has 0 aromatic rings. The summed E-state index contributed by atoms with van der Waals surface area (Å²) in [6.45, 7) is 6.06. The number of hydrogen-bond donors (Lipinski definition) is 2. The summed E-state index contributed by atoms with van der Waals surface area (Å²) in [5.74, 6) is 0.876. The lowest BCUT2D eigenvalue weighted by atomic mass is 9.72. The van der Waals surface area contributed by atoms with Gasteiger partial charge in [0, 0.05) is 5.54 Å². The Morgan fingerprint density at radius 2 is 2.14 bits per heavy atom. The predicted octanol–water partition coefficient (Wildman–Crippen LogP) is 1.91. The van der Waals surface area contributed by atoms with Gasteiger partial charge in [-0.25, -0.2) is 0 Å². The van der Waals surface area contributed by atoms with Crippen molar-refractivity contribution in [3.63, 3.8) is 0 Å². The number of hydrogen-bond acceptors (Lipinski definition) is 2. The van der Waals surface area contributed by atoms with E-state index in [0.717, 1.165) is 5.92 Å². The Labute approximate surface area is 87.8 Å². The maximum Gasteiger partial charge on any atom is 0.0219 e. The minimum Gasteiger partial charge on any atom is -0.316 e. The lowest BCUT2D eigenvalue weighted by Crippen LogP contribution is -2.57. The van der Waals surface area contributed by atoms with Crippen LogP contribution in [0.4, 0.5) is 0 Å². The van der Waals surface area contributed by atoms with Crippen LogP contribution in [0, 0.1) is 5.92 Å². The van der Waals surface area contributed by atoms with Gasteiger partial charge in [0.15, 0.2) is 0 Å². The van der Waals surface area contributed by atoms with Gasteiger partial charge in [0.2, 0.25) is 0 Å². The fraction of sp³-hybridized carbons (Fsp3) is 1.00. The van der Waals surface area contributed by atoms with Crippen LogP contribution in [0.5, 0.6) is 0 Å². The van der Waals surface area contributed by atoms with E-state index in [-0.39, 0.29) is 0 Å². The lowest BCUT2D eigenvalue weighted by molar-refractivity contribution is 0.129. The molecule has 82 valence electrons. The van der Waals surface area contributed by atoms with Crippen LogP contribution in [0.2, 0.25) is 0 Å². The summed E-state index contributed by atoms with van der Waals surface area (Å²) < 4.78 is 0. The van der Waals surface area contributed by atoms with Crippen LogP contribution in [-0.2, 0) is 0 Å². The minimum absolute atomic E-state index is 0.478. The zero-order valence-electron chi connectivity index (χ0n) is 9.44. The molecule has 0 radical (unpaired) electrons. The Balaban J connectivity index is 2.01. The zero-order valence-corrected chi connectivity index (χ0v) is 9.44. The summed E-state index contributed by atoms with van der Waals surface area (Å²) in [4.78, 5) is 0. The van der Waals surface area contributed by atoms with Gasteiger partial charge in [-0.3, -0.25) is 0 Å². The standard InChI is InChI=1S/C12H24N2/c1-2-12(7-3-4-9-14-12)11-6-5-8-13-10-11/h11,13-14H,2-10H2,1H3. The third-order valence-electron chi connectivity index (χ3n) is 4.24. The molecule has 0 aliphatic carbocycles. The van der Waals surface area contributed by atoms with Crippen molar-refractivity contribution < 1.29 is 0 Å². The normalized spacial score (nSPS) is 39.6. The van der Waals surface area contributed by atoms with Crippen LogP contribution in [0.25, 0.3) is 0 Å². The van der Waals surface area contributed by atoms with Crippen LogP contribution in [-0.4, -0.2) is 25.2 Å². The molecule has 14 heavy (non-hydrogen) atoms. The van der Waals surface area contributed by atoms with E-state index in [4.69, 9.17) is 0 Å². The monoisotopic (exact) mass is 196 g/mol. The molecule has 2 rings (SSSR count). The SMILES string of the molecule is CCC1(C2CCCNC2)CCCCN1. The number of piperidine rings is 2. The van der Waals surface area contributed by atoms with Crippen LogP contribution in [0.15, 0.2) is 0 Å². The number of nitrogens with one attached hydrogen (secondary N) is 2. The van der Waals surface area contributed by atoms with Gasteiger partial charge in [0.1, 0.15) is 0 Å². The van der Waals surface area contributed by atoms with E-state index in [2.05, 4.69) is 17.6 Å². The van der Waals surface area contributed by atoms with Gasteiger partial charge < -0.3 is 10.6 Å². The Hall–Kier alpha value is -0.0800. The third-order valence-corrected chi connectivity index (χ3v) is 4.24. The Kier molecular flexibility index (Phi) is 3.45. The third kappa shape index (κ3) is 1.96. The zero-order chi connectivity index (χ0) is 9.86. The summed E-state index contributed by atoms with van der Waals surface area (Å²) >= 11 is 0. The summed E-state index contributed by atoms with van der Waals surface area (Å²) in [6.07, 6.45) is 8.30. The van der Waals surface area contributed by atoms with Gasteiger partial charge in [-0.15, -0.1) is 0 Å². The van der Waals surface area contributed by atoms with Crippen LogP contribution in [0.3, 0.4) is 0 Å². The first-order chi connectivity index (χ1) is 6.87. The summed E-state index contributed by atoms with van der Waals surface area (Å²) in [5.41, 5.74) is 0.478. The molecular formula is C12H24N2. The molecule has 0 aromatic heterocycles. The molecule has 0 saturated carbocycles. The first kappa shape index (κ1) is 10.4. The second-order valence-corrected chi connectivity index (χ2v) is 4.94. The first-order valence-corrected chi connectivity index (χ1v) is 6.33. The maximum atomic E-state index is 3.81. The van der Waals surface area contributed by atoms with Crippen molar-refractivity contribution >= 4 is 0 Å². The molecule has 2 fully saturated rings. The van der Waals surface area contributed by atoms with E-state index < -0.39 is 0 Å². The van der Waals surface area contributed by atoms with Crippen molar-refractivity contribution in [3.05, 3.63) is 0 Å². The molecule has 2 saturated heterocycles. The average molecular weight is 196 g/mol. The van der Waals surface area contributed by atoms with E-state index in [9.17, 15) is 0 Å². The fourth-order valence-electron chi connectivity index (χ4n) is 3.25. The van der Waals surface area contributed by atoms with Crippen LogP contribution >= 0.6 is 0 Å².